The Morgan fingerprint density at radius 3 is 2.45 bits per heavy atom. The van der Waals surface area contributed by atoms with Crippen molar-refractivity contribution in [2.24, 2.45) is 17.8 Å². The van der Waals surface area contributed by atoms with Crippen LogP contribution in [0.1, 0.15) is 32.6 Å². The van der Waals surface area contributed by atoms with E-state index in [9.17, 15) is 8.42 Å². The van der Waals surface area contributed by atoms with Gasteiger partial charge in [0.2, 0.25) is 0 Å². The minimum absolute atomic E-state index is 0.0545. The summed E-state index contributed by atoms with van der Waals surface area (Å²) in [7, 11) is -3.31. The van der Waals surface area contributed by atoms with Crippen LogP contribution in [0, 0.1) is 17.8 Å². The summed E-state index contributed by atoms with van der Waals surface area (Å²) >= 11 is 1.16. The quantitative estimate of drug-likeness (QED) is 0.807. The lowest BCUT2D eigenvalue weighted by Crippen LogP contribution is -2.19. The van der Waals surface area contributed by atoms with E-state index >= 15 is 0 Å². The van der Waals surface area contributed by atoms with Crippen LogP contribution < -0.4 is 11.1 Å². The first-order valence-corrected chi connectivity index (χ1v) is 9.67. The molecule has 0 spiro atoms. The summed E-state index contributed by atoms with van der Waals surface area (Å²) in [5.41, 5.74) is 5.73. The number of aromatic nitrogens is 1. The van der Waals surface area contributed by atoms with Crippen molar-refractivity contribution in [1.29, 1.82) is 0 Å². The molecule has 1 aromatic heterocycles. The molecule has 7 heteroatoms. The molecule has 0 amide bonds. The Morgan fingerprint density at radius 1 is 1.35 bits per heavy atom. The molecule has 0 bridgehead atoms. The lowest BCUT2D eigenvalue weighted by Gasteiger charge is -2.16. The monoisotopic (exact) mass is 315 g/mol. The normalized spacial score (nSPS) is 19.5. The number of nitrogen functional groups attached to an aromatic ring is 1. The molecule has 0 saturated heterocycles. The van der Waals surface area contributed by atoms with Gasteiger partial charge in [-0.1, -0.05) is 6.92 Å². The molecule has 5 nitrogen and oxygen atoms in total. The van der Waals surface area contributed by atoms with E-state index in [0.717, 1.165) is 29.9 Å². The first-order chi connectivity index (χ1) is 9.53. The minimum atomic E-state index is -3.31. The number of nitrogens with zero attached hydrogens (tertiary/aromatic N) is 1. The molecule has 1 aromatic rings. The van der Waals surface area contributed by atoms with Gasteiger partial charge in [0.05, 0.1) is 5.75 Å². The largest absolute Gasteiger partial charge is 0.382 e. The summed E-state index contributed by atoms with van der Waals surface area (Å²) in [6.07, 6.45) is 5.31. The second kappa shape index (κ2) is 5.18. The number of rotatable bonds is 7. The van der Waals surface area contributed by atoms with E-state index in [1.54, 1.807) is 6.92 Å². The Labute approximate surface area is 124 Å². The van der Waals surface area contributed by atoms with Crippen molar-refractivity contribution in [2.45, 2.75) is 37.5 Å². The van der Waals surface area contributed by atoms with E-state index in [-0.39, 0.29) is 16.5 Å². The molecule has 0 atom stereocenters. The van der Waals surface area contributed by atoms with Crippen molar-refractivity contribution >= 4 is 32.2 Å². The van der Waals surface area contributed by atoms with Gasteiger partial charge < -0.3 is 11.1 Å². The van der Waals surface area contributed by atoms with Crippen LogP contribution in [0.5, 0.6) is 0 Å². The van der Waals surface area contributed by atoms with E-state index in [2.05, 4.69) is 9.69 Å². The van der Waals surface area contributed by atoms with Gasteiger partial charge in [-0.2, -0.15) is 4.37 Å². The third-order valence-electron chi connectivity index (χ3n) is 4.32. The zero-order valence-corrected chi connectivity index (χ0v) is 13.3. The fraction of sp³-hybridized carbons (Fsp3) is 0.769. The number of hydrogen-bond acceptors (Lipinski definition) is 6. The maximum absolute atomic E-state index is 12.1. The van der Waals surface area contributed by atoms with Gasteiger partial charge in [0, 0.05) is 6.54 Å². The van der Waals surface area contributed by atoms with Gasteiger partial charge in [0.1, 0.15) is 9.90 Å². The molecule has 2 fully saturated rings. The van der Waals surface area contributed by atoms with Gasteiger partial charge in [-0.25, -0.2) is 8.42 Å². The highest BCUT2D eigenvalue weighted by Gasteiger charge is 2.41. The molecule has 3 rings (SSSR count). The van der Waals surface area contributed by atoms with Crippen molar-refractivity contribution in [3.63, 3.8) is 0 Å². The van der Waals surface area contributed by atoms with Gasteiger partial charge in [-0.15, -0.1) is 0 Å². The average Bonchev–Trinajstić information content (AvgIpc) is 3.30. The number of hydrogen-bond donors (Lipinski definition) is 2. The summed E-state index contributed by atoms with van der Waals surface area (Å²) in [5, 5.41) is 3.94. The van der Waals surface area contributed by atoms with Crippen molar-refractivity contribution < 1.29 is 8.42 Å². The van der Waals surface area contributed by atoms with Crippen molar-refractivity contribution in [3.8, 4) is 0 Å². The van der Waals surface area contributed by atoms with Crippen LogP contribution in [-0.2, 0) is 9.84 Å². The molecule has 0 radical (unpaired) electrons. The van der Waals surface area contributed by atoms with Crippen LogP contribution in [0.3, 0.4) is 0 Å². The summed E-state index contributed by atoms with van der Waals surface area (Å²) in [6.45, 7) is 2.48. The van der Waals surface area contributed by atoms with E-state index in [0.29, 0.717) is 10.9 Å². The topological polar surface area (TPSA) is 85.1 Å². The second-order valence-corrected chi connectivity index (χ2v) is 8.84. The summed E-state index contributed by atoms with van der Waals surface area (Å²) in [4.78, 5) is 0.204. The number of anilines is 2. The Morgan fingerprint density at radius 2 is 1.95 bits per heavy atom. The Balaban J connectivity index is 1.74. The second-order valence-electron chi connectivity index (χ2n) is 5.85. The van der Waals surface area contributed by atoms with Crippen LogP contribution in [0.15, 0.2) is 4.90 Å². The molecule has 20 heavy (non-hydrogen) atoms. The van der Waals surface area contributed by atoms with Gasteiger partial charge in [0.25, 0.3) is 0 Å². The van der Waals surface area contributed by atoms with Gasteiger partial charge in [-0.3, -0.25) is 0 Å². The van der Waals surface area contributed by atoms with Gasteiger partial charge in [0.15, 0.2) is 15.7 Å². The van der Waals surface area contributed by atoms with E-state index < -0.39 is 9.84 Å². The minimum Gasteiger partial charge on any atom is -0.382 e. The van der Waals surface area contributed by atoms with Crippen LogP contribution in [0.4, 0.5) is 10.8 Å². The third-order valence-corrected chi connectivity index (χ3v) is 7.06. The van der Waals surface area contributed by atoms with E-state index in [1.807, 2.05) is 0 Å². The standard InChI is InChI=1S/C13H21N3O2S2/c1-2-20(17,18)11-12(14)16-19-13(11)15-7-10(8-3-4-8)9-5-6-9/h8-10,15H,2-7H2,1H3,(H2,14,16). The van der Waals surface area contributed by atoms with Gasteiger partial charge >= 0.3 is 0 Å². The number of nitrogens with one attached hydrogen (secondary N) is 1. The molecule has 0 aliphatic heterocycles. The fourth-order valence-electron chi connectivity index (χ4n) is 2.83. The third kappa shape index (κ3) is 2.79. The molecule has 2 aliphatic carbocycles. The summed E-state index contributed by atoms with van der Waals surface area (Å²) in [6, 6.07) is 0. The van der Waals surface area contributed by atoms with Gasteiger partial charge in [-0.05, 0) is 55.0 Å². The predicted octanol–water partition coefficient (Wildman–Crippen LogP) is 2.37. The van der Waals surface area contributed by atoms with Crippen LogP contribution >= 0.6 is 11.5 Å². The van der Waals surface area contributed by atoms with Crippen LogP contribution in [-0.4, -0.2) is 25.1 Å². The maximum atomic E-state index is 12.1. The maximum Gasteiger partial charge on any atom is 0.184 e. The SMILES string of the molecule is CCS(=O)(=O)c1c(N)nsc1NCC(C1CC1)C1CC1. The molecule has 0 aromatic carbocycles. The first-order valence-electron chi connectivity index (χ1n) is 7.24. The molecule has 112 valence electrons. The lowest BCUT2D eigenvalue weighted by atomic mass is 9.98. The van der Waals surface area contributed by atoms with Crippen molar-refractivity contribution in [1.82, 2.24) is 4.37 Å². The fourth-order valence-corrected chi connectivity index (χ4v) is 5.00. The Bertz CT molecular complexity index is 577. The molecule has 1 heterocycles. The summed E-state index contributed by atoms with van der Waals surface area (Å²) in [5.74, 6) is 2.56. The Kier molecular flexibility index (Phi) is 3.66. The first kappa shape index (κ1) is 14.1. The molecule has 3 N–H and O–H groups in total. The highest BCUT2D eigenvalue weighted by Crippen LogP contribution is 2.49. The zero-order valence-electron chi connectivity index (χ0n) is 11.6. The van der Waals surface area contributed by atoms with Crippen LogP contribution in [0.2, 0.25) is 0 Å². The number of nitrogens with two attached hydrogens (primary N) is 1. The molecular formula is C13H21N3O2S2. The highest BCUT2D eigenvalue weighted by atomic mass is 32.2. The lowest BCUT2D eigenvalue weighted by molar-refractivity contribution is 0.428. The zero-order chi connectivity index (χ0) is 14.3. The predicted molar refractivity (Wildman–Crippen MR) is 81.7 cm³/mol. The Hall–Kier alpha value is -0.820. The average molecular weight is 315 g/mol. The van der Waals surface area contributed by atoms with Crippen molar-refractivity contribution in [3.05, 3.63) is 0 Å². The van der Waals surface area contributed by atoms with E-state index in [4.69, 9.17) is 5.73 Å². The molecule has 0 unspecified atom stereocenters. The van der Waals surface area contributed by atoms with E-state index in [1.165, 1.54) is 25.7 Å². The molecule has 2 aliphatic rings. The smallest absolute Gasteiger partial charge is 0.184 e. The summed E-state index contributed by atoms with van der Waals surface area (Å²) < 4.78 is 28.2. The highest BCUT2D eigenvalue weighted by molar-refractivity contribution is 7.91. The number of sulfone groups is 1. The molecule has 2 saturated carbocycles. The van der Waals surface area contributed by atoms with Crippen molar-refractivity contribution in [2.75, 3.05) is 23.3 Å². The molecular weight excluding hydrogens is 294 g/mol. The van der Waals surface area contributed by atoms with Crippen LogP contribution in [0.25, 0.3) is 0 Å².